The highest BCUT2D eigenvalue weighted by Crippen LogP contribution is 2.43. The largest absolute Gasteiger partial charge is 0.468 e. The van der Waals surface area contributed by atoms with Crippen molar-refractivity contribution in [2.75, 3.05) is 24.4 Å². The van der Waals surface area contributed by atoms with Gasteiger partial charge in [0.15, 0.2) is 16.6 Å². The summed E-state index contributed by atoms with van der Waals surface area (Å²) in [7, 11) is -2.57. The van der Waals surface area contributed by atoms with Crippen LogP contribution in [0.15, 0.2) is 12.2 Å². The first kappa shape index (κ1) is 38.0. The van der Waals surface area contributed by atoms with E-state index in [1.807, 2.05) is 0 Å². The average molecular weight is 633 g/mol. The maximum Gasteiger partial charge on any atom is 0.315 e. The minimum atomic E-state index is -2.05. The smallest absolute Gasteiger partial charge is 0.315 e. The van der Waals surface area contributed by atoms with Gasteiger partial charge in [-0.25, -0.2) is 0 Å². The molecule has 1 rings (SSSR count). The van der Waals surface area contributed by atoms with Crippen LogP contribution >= 0.6 is 23.5 Å². The van der Waals surface area contributed by atoms with E-state index < -0.39 is 16.6 Å². The molecule has 0 aromatic rings. The van der Waals surface area contributed by atoms with Gasteiger partial charge in [-0.3, -0.25) is 9.59 Å². The highest BCUT2D eigenvalue weighted by Gasteiger charge is 2.47. The molecule has 234 valence electrons. The lowest BCUT2D eigenvalue weighted by molar-refractivity contribution is -0.137. The van der Waals surface area contributed by atoms with Gasteiger partial charge in [-0.1, -0.05) is 79.9 Å². The molecule has 0 heterocycles. The van der Waals surface area contributed by atoms with E-state index in [4.69, 9.17) is 13.6 Å². The second-order valence-corrected chi connectivity index (χ2v) is 26.1. The number of unbranched alkanes of at least 4 members (excludes halogenated alkanes) is 2. The zero-order valence-corrected chi connectivity index (χ0v) is 31.3. The number of carbonyl (C=O) groups is 2. The molecular weight excluding hydrogens is 573 g/mol. The molecule has 0 bridgehead atoms. The number of rotatable bonds is 17. The van der Waals surface area contributed by atoms with E-state index in [1.165, 1.54) is 20.0 Å². The maximum absolute atomic E-state index is 13.4. The van der Waals surface area contributed by atoms with Gasteiger partial charge in [0.25, 0.3) is 0 Å². The number of esters is 1. The predicted octanol–water partition coefficient (Wildman–Crippen LogP) is 8.89. The van der Waals surface area contributed by atoms with Crippen LogP contribution in [0.3, 0.4) is 0 Å². The number of Topliss-reactive ketones (excluding diaryl/α,β-unsaturated/α-hetero) is 1. The van der Waals surface area contributed by atoms with Gasteiger partial charge in [0.2, 0.25) is 0 Å². The highest BCUT2D eigenvalue weighted by molar-refractivity contribution is 8.01. The van der Waals surface area contributed by atoms with Crippen LogP contribution in [0.25, 0.3) is 0 Å². The van der Waals surface area contributed by atoms with E-state index in [9.17, 15) is 9.59 Å². The number of hydrogen-bond donors (Lipinski definition) is 0. The molecule has 9 heteroatoms. The van der Waals surface area contributed by atoms with Crippen molar-refractivity contribution < 1.29 is 23.2 Å². The lowest BCUT2D eigenvalue weighted by Gasteiger charge is -2.40. The van der Waals surface area contributed by atoms with Crippen molar-refractivity contribution in [3.63, 3.8) is 0 Å². The molecule has 40 heavy (non-hydrogen) atoms. The molecule has 0 aliphatic heterocycles. The first-order valence-electron chi connectivity index (χ1n) is 15.2. The molecule has 1 aliphatic carbocycles. The summed E-state index contributed by atoms with van der Waals surface area (Å²) in [4.78, 5) is 24.8. The van der Waals surface area contributed by atoms with Crippen LogP contribution < -0.4 is 0 Å². The summed E-state index contributed by atoms with van der Waals surface area (Å²) in [5.41, 5.74) is 0. The van der Waals surface area contributed by atoms with Crippen molar-refractivity contribution in [1.82, 2.24) is 0 Å². The van der Waals surface area contributed by atoms with Gasteiger partial charge >= 0.3 is 5.97 Å². The van der Waals surface area contributed by atoms with E-state index in [1.54, 1.807) is 23.5 Å². The number of carbonyl (C=O) groups excluding carboxylic acids is 2. The Labute approximate surface area is 257 Å². The Morgan fingerprint density at radius 1 is 1.00 bits per heavy atom. The number of ether oxygens (including phenoxy) is 1. The molecule has 0 amide bonds. The van der Waals surface area contributed by atoms with Crippen LogP contribution in [0.4, 0.5) is 0 Å². The first-order valence-corrected chi connectivity index (χ1v) is 23.2. The fourth-order valence-electron chi connectivity index (χ4n) is 4.15. The Morgan fingerprint density at radius 2 is 1.62 bits per heavy atom. The first-order chi connectivity index (χ1) is 18.4. The Morgan fingerprint density at radius 3 is 2.17 bits per heavy atom. The molecule has 1 aliphatic rings. The summed E-state index contributed by atoms with van der Waals surface area (Å²) < 4.78 is 18.5. The normalized spacial score (nSPS) is 21.8. The summed E-state index contributed by atoms with van der Waals surface area (Å²) in [5.74, 6) is 2.32. The highest BCUT2D eigenvalue weighted by atomic mass is 32.2. The minimum Gasteiger partial charge on any atom is -0.468 e. The average Bonchev–Trinajstić information content (AvgIpc) is 3.10. The molecular formula is C31H60O5S2Si2. The SMILES string of the molecule is CCCCC[C@@H](C=C[C@H]1[C@H](O[Si](C)(C)C(C)(C)C)CC(=O)[C@@H]1SCCCSCC(=O)OC)O[Si](C)(C)C(C)(C)C. The van der Waals surface area contributed by atoms with Crippen LogP contribution in [0, 0.1) is 5.92 Å². The second-order valence-electron chi connectivity index (χ2n) is 14.2. The van der Waals surface area contributed by atoms with Gasteiger partial charge in [0.1, 0.15) is 5.78 Å². The van der Waals surface area contributed by atoms with E-state index in [0.29, 0.717) is 18.0 Å². The van der Waals surface area contributed by atoms with Crippen LogP contribution in [-0.2, 0) is 23.2 Å². The molecule has 0 unspecified atom stereocenters. The Balaban J connectivity index is 3.14. The Bertz CT molecular complexity index is 818. The minimum absolute atomic E-state index is 0.0473. The van der Waals surface area contributed by atoms with Crippen molar-refractivity contribution in [1.29, 1.82) is 0 Å². The van der Waals surface area contributed by atoms with Crippen molar-refractivity contribution in [3.8, 4) is 0 Å². The summed E-state index contributed by atoms with van der Waals surface area (Å²) in [6.45, 7) is 25.1. The Hall–Kier alpha value is -0.0662. The lowest BCUT2D eigenvalue weighted by atomic mass is 10.0. The number of thioether (sulfide) groups is 2. The van der Waals surface area contributed by atoms with Gasteiger partial charge in [0.05, 0.1) is 30.3 Å². The molecule has 0 N–H and O–H groups in total. The van der Waals surface area contributed by atoms with E-state index in [-0.39, 0.29) is 39.4 Å². The van der Waals surface area contributed by atoms with Gasteiger partial charge in [-0.2, -0.15) is 11.8 Å². The fraction of sp³-hybridized carbons (Fsp3) is 0.871. The van der Waals surface area contributed by atoms with E-state index in [2.05, 4.69) is 86.8 Å². The molecule has 0 aromatic carbocycles. The molecule has 0 spiro atoms. The maximum atomic E-state index is 13.4. The van der Waals surface area contributed by atoms with Gasteiger partial charge in [0, 0.05) is 12.3 Å². The summed E-state index contributed by atoms with van der Waals surface area (Å²) in [5, 5.41) is 0.132. The Kier molecular flexibility index (Phi) is 15.8. The third-order valence-electron chi connectivity index (χ3n) is 8.82. The van der Waals surface area contributed by atoms with Crippen LogP contribution in [-0.4, -0.2) is 70.2 Å². The van der Waals surface area contributed by atoms with Crippen molar-refractivity contribution in [2.45, 2.75) is 141 Å². The van der Waals surface area contributed by atoms with Crippen molar-refractivity contribution in [3.05, 3.63) is 12.2 Å². The van der Waals surface area contributed by atoms with Crippen molar-refractivity contribution in [2.24, 2.45) is 5.92 Å². The second kappa shape index (κ2) is 16.7. The van der Waals surface area contributed by atoms with Gasteiger partial charge in [-0.05, 0) is 60.6 Å². The van der Waals surface area contributed by atoms with Crippen LogP contribution in [0.2, 0.25) is 36.3 Å². The number of methoxy groups -OCH3 is 1. The molecule has 1 fully saturated rings. The molecule has 4 atom stereocenters. The van der Waals surface area contributed by atoms with Crippen LogP contribution in [0.5, 0.6) is 0 Å². The molecule has 1 saturated carbocycles. The van der Waals surface area contributed by atoms with E-state index in [0.717, 1.165) is 30.8 Å². The molecule has 0 aromatic heterocycles. The van der Waals surface area contributed by atoms with Crippen LogP contribution in [0.1, 0.15) is 87.0 Å². The molecule has 0 radical (unpaired) electrons. The monoisotopic (exact) mass is 632 g/mol. The third-order valence-corrected chi connectivity index (χ3v) is 20.3. The molecule has 5 nitrogen and oxygen atoms in total. The quantitative estimate of drug-likeness (QED) is 0.0687. The summed E-state index contributed by atoms with van der Waals surface area (Å²) in [6.07, 6.45) is 10.5. The standard InChI is InChI=1S/C31H60O5S2Si2/c1-13-14-15-17-24(35-39(9,10)30(2,3)4)18-19-25-27(36-40(11,12)31(5,6)7)22-26(32)29(25)38-21-16-20-37-23-28(33)34-8/h18-19,24-25,27,29H,13-17,20-23H2,1-12H3/t24-,25-,27+,29+/m0/s1. The topological polar surface area (TPSA) is 61.8 Å². The number of hydrogen-bond acceptors (Lipinski definition) is 7. The van der Waals surface area contributed by atoms with E-state index >= 15 is 0 Å². The lowest BCUT2D eigenvalue weighted by Crippen LogP contribution is -2.45. The van der Waals surface area contributed by atoms with Gasteiger partial charge < -0.3 is 13.6 Å². The zero-order chi connectivity index (χ0) is 30.8. The van der Waals surface area contributed by atoms with Gasteiger partial charge in [-0.15, -0.1) is 11.8 Å². The fourth-order valence-corrected chi connectivity index (χ4v) is 9.10. The summed E-state index contributed by atoms with van der Waals surface area (Å²) in [6, 6.07) is 0. The predicted molar refractivity (Wildman–Crippen MR) is 181 cm³/mol. The summed E-state index contributed by atoms with van der Waals surface area (Å²) >= 11 is 3.36. The van der Waals surface area contributed by atoms with Crippen molar-refractivity contribution >= 4 is 51.9 Å². The number of ketones is 1. The third kappa shape index (κ3) is 12.3. The molecule has 0 saturated heterocycles. The zero-order valence-electron chi connectivity index (χ0n) is 27.7.